The first-order chi connectivity index (χ1) is 9.93. The molecule has 0 atom stereocenters. The van der Waals surface area contributed by atoms with Crippen molar-refractivity contribution in [2.45, 2.75) is 4.90 Å². The first-order valence-corrected chi connectivity index (χ1v) is 7.32. The van der Waals surface area contributed by atoms with Gasteiger partial charge in [-0.05, 0) is 18.2 Å². The summed E-state index contributed by atoms with van der Waals surface area (Å²) in [4.78, 5) is 12.0. The average Bonchev–Trinajstić information content (AvgIpc) is 2.47. The van der Waals surface area contributed by atoms with Crippen LogP contribution in [0, 0.1) is 0 Å². The minimum atomic E-state index is -4.44. The summed E-state index contributed by atoms with van der Waals surface area (Å²) in [5.74, 6) is -0.455. The molecule has 0 aliphatic heterocycles. The van der Waals surface area contributed by atoms with Crippen molar-refractivity contribution in [3.05, 3.63) is 59.7 Å². The van der Waals surface area contributed by atoms with E-state index in [-0.39, 0.29) is 11.3 Å². The van der Waals surface area contributed by atoms with Crippen LogP contribution in [0.15, 0.2) is 53.4 Å². The van der Waals surface area contributed by atoms with Crippen LogP contribution in [0.25, 0.3) is 0 Å². The first-order valence-electron chi connectivity index (χ1n) is 5.88. The van der Waals surface area contributed by atoms with Crippen molar-refractivity contribution in [1.82, 2.24) is 0 Å². The van der Waals surface area contributed by atoms with Crippen LogP contribution in [-0.2, 0) is 10.1 Å². The lowest BCUT2D eigenvalue weighted by Gasteiger charge is -2.10. The van der Waals surface area contributed by atoms with Gasteiger partial charge in [-0.15, -0.1) is 0 Å². The lowest BCUT2D eigenvalue weighted by Crippen LogP contribution is -2.08. The number of carbonyl (C=O) groups excluding carboxylic acids is 1. The molecular weight excluding hydrogens is 296 g/mol. The van der Waals surface area contributed by atoms with Crippen molar-refractivity contribution < 1.29 is 27.6 Å². The number of rotatable bonds is 5. The molecule has 0 unspecified atom stereocenters. The normalized spacial score (nSPS) is 11.1. The van der Waals surface area contributed by atoms with Crippen LogP contribution in [0.4, 0.5) is 0 Å². The second kappa shape index (κ2) is 6.04. The van der Waals surface area contributed by atoms with Crippen LogP contribution in [0.3, 0.4) is 0 Å². The van der Waals surface area contributed by atoms with Gasteiger partial charge in [-0.3, -0.25) is 9.35 Å². The van der Waals surface area contributed by atoms with Gasteiger partial charge >= 0.3 is 0 Å². The Balaban J connectivity index is 2.56. The van der Waals surface area contributed by atoms with Gasteiger partial charge in [-0.1, -0.05) is 30.3 Å². The van der Waals surface area contributed by atoms with E-state index < -0.39 is 27.6 Å². The highest BCUT2D eigenvalue weighted by Crippen LogP contribution is 2.25. The van der Waals surface area contributed by atoms with Gasteiger partial charge in [0.1, 0.15) is 5.75 Å². The maximum atomic E-state index is 12.4. The minimum Gasteiger partial charge on any atom is -0.467 e. The molecule has 0 spiro atoms. The summed E-state index contributed by atoms with van der Waals surface area (Å²) < 4.78 is 36.3. The zero-order valence-corrected chi connectivity index (χ0v) is 11.6. The number of ether oxygens (including phenoxy) is 1. The molecule has 0 aromatic heterocycles. The molecule has 21 heavy (non-hydrogen) atoms. The molecule has 0 saturated heterocycles. The van der Waals surface area contributed by atoms with Gasteiger partial charge in [-0.2, -0.15) is 8.42 Å². The van der Waals surface area contributed by atoms with Gasteiger partial charge < -0.3 is 9.84 Å². The van der Waals surface area contributed by atoms with Crippen molar-refractivity contribution >= 4 is 15.9 Å². The van der Waals surface area contributed by atoms with Crippen LogP contribution in [0.1, 0.15) is 15.9 Å². The Hall–Kier alpha value is -2.22. The van der Waals surface area contributed by atoms with Crippen LogP contribution in [0.5, 0.6) is 5.75 Å². The average molecular weight is 308 g/mol. The summed E-state index contributed by atoms with van der Waals surface area (Å²) in [7, 11) is -4.44. The summed E-state index contributed by atoms with van der Waals surface area (Å²) in [6, 6.07) is 11.5. The minimum absolute atomic E-state index is 0.0266. The number of hydrogen-bond acceptors (Lipinski definition) is 5. The Labute approximate surface area is 121 Å². The fraction of sp³-hybridized carbons (Fsp3) is 0.0714. The first kappa shape index (κ1) is 15.2. The highest BCUT2D eigenvalue weighted by Gasteiger charge is 2.19. The molecule has 0 bridgehead atoms. The SMILES string of the molecule is O=C(c1ccccc1)c1cc(S(=O)(=O)O)ccc1OCO. The van der Waals surface area contributed by atoms with Gasteiger partial charge in [0.15, 0.2) is 12.6 Å². The topological polar surface area (TPSA) is 101 Å². The van der Waals surface area contributed by atoms with E-state index in [0.717, 1.165) is 12.1 Å². The standard InChI is InChI=1S/C14H12O6S/c15-9-20-13-7-6-11(21(17,18)19)8-12(13)14(16)10-4-2-1-3-5-10/h1-8,15H,9H2,(H,17,18,19). The van der Waals surface area contributed by atoms with Crippen molar-refractivity contribution in [3.63, 3.8) is 0 Å². The number of hydrogen-bond donors (Lipinski definition) is 2. The van der Waals surface area contributed by atoms with E-state index in [0.29, 0.717) is 5.56 Å². The van der Waals surface area contributed by atoms with E-state index in [1.165, 1.54) is 6.07 Å². The highest BCUT2D eigenvalue weighted by atomic mass is 32.2. The molecule has 110 valence electrons. The van der Waals surface area contributed by atoms with E-state index in [4.69, 9.17) is 14.4 Å². The number of carbonyl (C=O) groups is 1. The Morgan fingerprint density at radius 1 is 1.10 bits per heavy atom. The molecule has 0 radical (unpaired) electrons. The fourth-order valence-corrected chi connectivity index (χ4v) is 2.29. The Kier molecular flexibility index (Phi) is 4.37. The van der Waals surface area contributed by atoms with Gasteiger partial charge in [0.05, 0.1) is 10.5 Å². The Morgan fingerprint density at radius 2 is 1.76 bits per heavy atom. The molecule has 0 aliphatic rings. The van der Waals surface area contributed by atoms with E-state index in [1.807, 2.05) is 0 Å². The number of aliphatic hydroxyl groups excluding tert-OH is 1. The molecule has 0 saturated carbocycles. The van der Waals surface area contributed by atoms with Crippen molar-refractivity contribution in [1.29, 1.82) is 0 Å². The molecule has 0 heterocycles. The molecule has 7 heteroatoms. The van der Waals surface area contributed by atoms with Gasteiger partial charge in [0, 0.05) is 5.56 Å². The van der Waals surface area contributed by atoms with E-state index in [1.54, 1.807) is 30.3 Å². The zero-order valence-electron chi connectivity index (χ0n) is 10.8. The molecule has 0 fully saturated rings. The number of benzene rings is 2. The number of ketones is 1. The summed E-state index contributed by atoms with van der Waals surface area (Å²) >= 11 is 0. The van der Waals surface area contributed by atoms with E-state index >= 15 is 0 Å². The van der Waals surface area contributed by atoms with Crippen LogP contribution < -0.4 is 4.74 Å². The summed E-state index contributed by atoms with van der Waals surface area (Å²) in [6.07, 6.45) is 0. The smallest absolute Gasteiger partial charge is 0.294 e. The second-order valence-corrected chi connectivity index (χ2v) is 5.52. The largest absolute Gasteiger partial charge is 0.467 e. The monoisotopic (exact) mass is 308 g/mol. The highest BCUT2D eigenvalue weighted by molar-refractivity contribution is 7.85. The zero-order chi connectivity index (χ0) is 15.5. The third-order valence-electron chi connectivity index (χ3n) is 2.75. The van der Waals surface area contributed by atoms with Crippen LogP contribution >= 0.6 is 0 Å². The van der Waals surface area contributed by atoms with Crippen molar-refractivity contribution in [2.24, 2.45) is 0 Å². The maximum Gasteiger partial charge on any atom is 0.294 e. The molecule has 2 aromatic carbocycles. The van der Waals surface area contributed by atoms with Gasteiger partial charge in [0.2, 0.25) is 0 Å². The lowest BCUT2D eigenvalue weighted by atomic mass is 10.0. The molecular formula is C14H12O6S. The second-order valence-electron chi connectivity index (χ2n) is 4.10. The third-order valence-corrected chi connectivity index (χ3v) is 3.60. The summed E-state index contributed by atoms with van der Waals surface area (Å²) in [5.41, 5.74) is 0.262. The van der Waals surface area contributed by atoms with Crippen LogP contribution in [-0.4, -0.2) is 30.7 Å². The number of aliphatic hydroxyl groups is 1. The summed E-state index contributed by atoms with van der Waals surface area (Å²) in [5, 5.41) is 8.82. The van der Waals surface area contributed by atoms with E-state index in [9.17, 15) is 13.2 Å². The predicted octanol–water partition coefficient (Wildman–Crippen LogP) is 1.49. The lowest BCUT2D eigenvalue weighted by molar-refractivity contribution is 0.0935. The molecule has 2 aromatic rings. The van der Waals surface area contributed by atoms with Crippen LogP contribution in [0.2, 0.25) is 0 Å². The van der Waals surface area contributed by atoms with Gasteiger partial charge in [0.25, 0.3) is 10.1 Å². The van der Waals surface area contributed by atoms with Crippen molar-refractivity contribution in [3.8, 4) is 5.75 Å². The Morgan fingerprint density at radius 3 is 2.33 bits per heavy atom. The van der Waals surface area contributed by atoms with E-state index in [2.05, 4.69) is 0 Å². The third kappa shape index (κ3) is 3.46. The molecule has 2 rings (SSSR count). The molecule has 0 aliphatic carbocycles. The van der Waals surface area contributed by atoms with Gasteiger partial charge in [-0.25, -0.2) is 0 Å². The fourth-order valence-electron chi connectivity index (χ4n) is 1.79. The molecule has 2 N–H and O–H groups in total. The summed E-state index contributed by atoms with van der Waals surface area (Å²) in [6.45, 7) is -0.666. The Bertz CT molecular complexity index is 752. The van der Waals surface area contributed by atoms with Crippen molar-refractivity contribution in [2.75, 3.05) is 6.79 Å². The molecule has 6 nitrogen and oxygen atoms in total. The quantitative estimate of drug-likeness (QED) is 0.493. The molecule has 0 amide bonds. The predicted molar refractivity (Wildman–Crippen MR) is 73.8 cm³/mol. The maximum absolute atomic E-state index is 12.4.